The zero-order valence-corrected chi connectivity index (χ0v) is 12.9. The Morgan fingerprint density at radius 3 is 2.81 bits per heavy atom. The quantitative estimate of drug-likeness (QED) is 0.896. The lowest BCUT2D eigenvalue weighted by Gasteiger charge is -2.26. The molecule has 1 aliphatic heterocycles. The molecule has 3 rings (SSSR count). The van der Waals surface area contributed by atoms with Crippen LogP contribution in [0.2, 0.25) is 0 Å². The van der Waals surface area contributed by atoms with Crippen LogP contribution in [0.25, 0.3) is 0 Å². The van der Waals surface area contributed by atoms with Crippen LogP contribution in [-0.4, -0.2) is 46.2 Å². The Kier molecular flexibility index (Phi) is 4.19. The molecule has 1 saturated carbocycles. The maximum atomic E-state index is 13.0. The molecule has 1 aromatic rings. The van der Waals surface area contributed by atoms with Crippen molar-refractivity contribution in [1.82, 2.24) is 20.4 Å². The normalized spacial score (nSPS) is 21.5. The number of carbonyl (C=O) groups excluding carboxylic acids is 1. The highest BCUT2D eigenvalue weighted by Gasteiger charge is 2.35. The van der Waals surface area contributed by atoms with Gasteiger partial charge in [0.1, 0.15) is 0 Å². The standard InChI is InChI=1S/C16H24N4O/c1-3-15-14(9-11(2)18-19-15)16(21)20(13-6-7-13)10-12-5-4-8-17-12/h9,12-13,17H,3-8,10H2,1-2H3. The van der Waals surface area contributed by atoms with Crippen LogP contribution in [0, 0.1) is 6.92 Å². The van der Waals surface area contributed by atoms with Crippen molar-refractivity contribution < 1.29 is 4.79 Å². The number of hydrogen-bond acceptors (Lipinski definition) is 4. The van der Waals surface area contributed by atoms with Crippen LogP contribution < -0.4 is 5.32 Å². The number of nitrogens with zero attached hydrogens (tertiary/aromatic N) is 3. The molecule has 2 aliphatic rings. The Labute approximate surface area is 126 Å². The van der Waals surface area contributed by atoms with E-state index in [-0.39, 0.29) is 5.91 Å². The average Bonchev–Trinajstić information content (AvgIpc) is 3.20. The van der Waals surface area contributed by atoms with Crippen molar-refractivity contribution >= 4 is 5.91 Å². The van der Waals surface area contributed by atoms with E-state index in [4.69, 9.17) is 0 Å². The molecule has 1 saturated heterocycles. The second-order valence-corrected chi connectivity index (χ2v) is 6.18. The van der Waals surface area contributed by atoms with E-state index in [2.05, 4.69) is 20.4 Å². The van der Waals surface area contributed by atoms with Gasteiger partial charge in [0.2, 0.25) is 0 Å². The largest absolute Gasteiger partial charge is 0.334 e. The number of rotatable bonds is 5. The minimum absolute atomic E-state index is 0.140. The first kappa shape index (κ1) is 14.4. The van der Waals surface area contributed by atoms with Gasteiger partial charge in [0.05, 0.1) is 17.0 Å². The number of aromatic nitrogens is 2. The third kappa shape index (κ3) is 3.23. The van der Waals surface area contributed by atoms with Crippen LogP contribution in [0.15, 0.2) is 6.07 Å². The monoisotopic (exact) mass is 288 g/mol. The molecule has 1 N–H and O–H groups in total. The van der Waals surface area contributed by atoms with Crippen LogP contribution in [0.3, 0.4) is 0 Å². The van der Waals surface area contributed by atoms with Crippen molar-refractivity contribution in [2.45, 2.75) is 58.0 Å². The minimum atomic E-state index is 0.140. The summed E-state index contributed by atoms with van der Waals surface area (Å²) in [6, 6.07) is 2.78. The summed E-state index contributed by atoms with van der Waals surface area (Å²) in [5.74, 6) is 0.140. The topological polar surface area (TPSA) is 58.1 Å². The summed E-state index contributed by atoms with van der Waals surface area (Å²) < 4.78 is 0. The molecule has 1 atom stereocenters. The van der Waals surface area contributed by atoms with Crippen LogP contribution in [0.4, 0.5) is 0 Å². The highest BCUT2D eigenvalue weighted by molar-refractivity contribution is 5.95. The Morgan fingerprint density at radius 2 is 2.19 bits per heavy atom. The lowest BCUT2D eigenvalue weighted by atomic mass is 10.1. The Balaban J connectivity index is 1.81. The maximum Gasteiger partial charge on any atom is 0.256 e. The molecule has 21 heavy (non-hydrogen) atoms. The number of aryl methyl sites for hydroxylation is 2. The van der Waals surface area contributed by atoms with Crippen molar-refractivity contribution in [1.29, 1.82) is 0 Å². The SMILES string of the molecule is CCc1nnc(C)cc1C(=O)N(CC1CCCN1)C1CC1. The number of hydrogen-bond donors (Lipinski definition) is 1. The summed E-state index contributed by atoms with van der Waals surface area (Å²) in [6.45, 7) is 5.82. The van der Waals surface area contributed by atoms with Gasteiger partial charge in [-0.2, -0.15) is 10.2 Å². The highest BCUT2D eigenvalue weighted by atomic mass is 16.2. The van der Waals surface area contributed by atoms with Crippen molar-refractivity contribution in [2.75, 3.05) is 13.1 Å². The van der Waals surface area contributed by atoms with E-state index in [9.17, 15) is 4.79 Å². The molecule has 0 aromatic carbocycles. The number of nitrogens with one attached hydrogen (secondary N) is 1. The Bertz CT molecular complexity index is 521. The predicted molar refractivity (Wildman–Crippen MR) is 81.2 cm³/mol. The highest BCUT2D eigenvalue weighted by Crippen LogP contribution is 2.29. The lowest BCUT2D eigenvalue weighted by Crippen LogP contribution is -2.42. The van der Waals surface area contributed by atoms with E-state index in [1.807, 2.05) is 19.9 Å². The van der Waals surface area contributed by atoms with Gasteiger partial charge in [0, 0.05) is 18.6 Å². The average molecular weight is 288 g/mol. The van der Waals surface area contributed by atoms with Gasteiger partial charge in [-0.3, -0.25) is 4.79 Å². The van der Waals surface area contributed by atoms with Gasteiger partial charge < -0.3 is 10.2 Å². The number of carbonyl (C=O) groups is 1. The molecule has 5 nitrogen and oxygen atoms in total. The van der Waals surface area contributed by atoms with Crippen LogP contribution >= 0.6 is 0 Å². The van der Waals surface area contributed by atoms with Crippen LogP contribution in [-0.2, 0) is 6.42 Å². The van der Waals surface area contributed by atoms with E-state index >= 15 is 0 Å². The van der Waals surface area contributed by atoms with E-state index in [1.54, 1.807) is 0 Å². The van der Waals surface area contributed by atoms with E-state index in [0.717, 1.165) is 49.3 Å². The first-order valence-corrected chi connectivity index (χ1v) is 8.06. The molecule has 0 spiro atoms. The second kappa shape index (κ2) is 6.10. The maximum absolute atomic E-state index is 13.0. The molecule has 5 heteroatoms. The summed E-state index contributed by atoms with van der Waals surface area (Å²) in [5.41, 5.74) is 2.37. The van der Waals surface area contributed by atoms with E-state index in [0.29, 0.717) is 12.1 Å². The molecule has 2 heterocycles. The first-order valence-electron chi connectivity index (χ1n) is 8.06. The third-order valence-electron chi connectivity index (χ3n) is 4.39. The summed E-state index contributed by atoms with van der Waals surface area (Å²) >= 11 is 0. The van der Waals surface area contributed by atoms with Gasteiger partial charge in [-0.15, -0.1) is 0 Å². The Hall–Kier alpha value is -1.49. The fourth-order valence-corrected chi connectivity index (χ4v) is 3.05. The van der Waals surface area contributed by atoms with Crippen LogP contribution in [0.5, 0.6) is 0 Å². The van der Waals surface area contributed by atoms with Crippen molar-refractivity contribution in [3.8, 4) is 0 Å². The lowest BCUT2D eigenvalue weighted by molar-refractivity contribution is 0.0726. The van der Waals surface area contributed by atoms with E-state index < -0.39 is 0 Å². The van der Waals surface area contributed by atoms with Crippen molar-refractivity contribution in [2.24, 2.45) is 0 Å². The molecule has 0 bridgehead atoms. The van der Waals surface area contributed by atoms with Gasteiger partial charge in [-0.05, 0) is 51.6 Å². The molecule has 2 fully saturated rings. The molecule has 1 unspecified atom stereocenters. The molecule has 1 amide bonds. The first-order chi connectivity index (χ1) is 10.2. The Morgan fingerprint density at radius 1 is 1.38 bits per heavy atom. The molecule has 1 aliphatic carbocycles. The summed E-state index contributed by atoms with van der Waals surface area (Å²) in [5, 5.41) is 11.8. The fourth-order valence-electron chi connectivity index (χ4n) is 3.05. The molecular formula is C16H24N4O. The zero-order valence-electron chi connectivity index (χ0n) is 12.9. The van der Waals surface area contributed by atoms with Crippen LogP contribution in [0.1, 0.15) is 54.4 Å². The fraction of sp³-hybridized carbons (Fsp3) is 0.688. The number of amides is 1. The summed E-state index contributed by atoms with van der Waals surface area (Å²) in [6.07, 6.45) is 5.40. The van der Waals surface area contributed by atoms with Gasteiger partial charge in [0.15, 0.2) is 0 Å². The van der Waals surface area contributed by atoms with Gasteiger partial charge in [-0.1, -0.05) is 6.92 Å². The van der Waals surface area contributed by atoms with Gasteiger partial charge in [0.25, 0.3) is 5.91 Å². The molecule has 1 aromatic heterocycles. The van der Waals surface area contributed by atoms with Gasteiger partial charge in [-0.25, -0.2) is 0 Å². The summed E-state index contributed by atoms with van der Waals surface area (Å²) in [7, 11) is 0. The van der Waals surface area contributed by atoms with Gasteiger partial charge >= 0.3 is 0 Å². The molecule has 114 valence electrons. The van der Waals surface area contributed by atoms with Crippen molar-refractivity contribution in [3.05, 3.63) is 23.0 Å². The second-order valence-electron chi connectivity index (χ2n) is 6.18. The van der Waals surface area contributed by atoms with Crippen molar-refractivity contribution in [3.63, 3.8) is 0 Å². The zero-order chi connectivity index (χ0) is 14.8. The van der Waals surface area contributed by atoms with E-state index in [1.165, 1.54) is 12.8 Å². The molecule has 0 radical (unpaired) electrons. The third-order valence-corrected chi connectivity index (χ3v) is 4.39. The smallest absolute Gasteiger partial charge is 0.256 e. The molecular weight excluding hydrogens is 264 g/mol. The summed E-state index contributed by atoms with van der Waals surface area (Å²) in [4.78, 5) is 15.0. The minimum Gasteiger partial charge on any atom is -0.334 e. The predicted octanol–water partition coefficient (Wildman–Crippen LogP) is 1.70.